The summed E-state index contributed by atoms with van der Waals surface area (Å²) in [6.45, 7) is 0. The molecule has 52 valence electrons. The van der Waals surface area contributed by atoms with Crippen molar-refractivity contribution in [1.82, 2.24) is 0 Å². The number of nitriles is 1. The zero-order valence-corrected chi connectivity index (χ0v) is 6.10. The number of hydrogen-bond acceptors (Lipinski definition) is 1. The van der Waals surface area contributed by atoms with Crippen LogP contribution in [0.1, 0.15) is 5.56 Å². The van der Waals surface area contributed by atoms with Gasteiger partial charge in [0.1, 0.15) is 17.3 Å². The number of halogens is 1. The van der Waals surface area contributed by atoms with E-state index in [9.17, 15) is 0 Å². The summed E-state index contributed by atoms with van der Waals surface area (Å²) in [5.41, 5.74) is 5.11. The van der Waals surface area contributed by atoms with E-state index in [0.29, 0.717) is 5.56 Å². The molecular formula is C7H7ClN2. The number of rotatable bonds is 0. The maximum atomic E-state index is 8.43. The van der Waals surface area contributed by atoms with Gasteiger partial charge in [0.15, 0.2) is 0 Å². The van der Waals surface area contributed by atoms with Crippen LogP contribution in [-0.2, 0) is 0 Å². The molecule has 1 aromatic rings. The molecule has 0 aliphatic carbocycles. The van der Waals surface area contributed by atoms with Gasteiger partial charge >= 0.3 is 0 Å². The molecule has 3 heteroatoms. The molecule has 0 atom stereocenters. The van der Waals surface area contributed by atoms with E-state index in [-0.39, 0.29) is 12.4 Å². The average Bonchev–Trinajstić information content (AvgIpc) is 1.89. The summed E-state index contributed by atoms with van der Waals surface area (Å²) < 4.78 is 0. The van der Waals surface area contributed by atoms with Gasteiger partial charge in [-0.1, -0.05) is 12.1 Å². The van der Waals surface area contributed by atoms with Crippen LogP contribution in [-0.4, -0.2) is 0 Å². The Morgan fingerprint density at radius 1 is 1.30 bits per heavy atom. The molecule has 1 aromatic carbocycles. The molecule has 0 unspecified atom stereocenters. The molecule has 0 radical (unpaired) electrons. The third-order valence-corrected chi connectivity index (χ3v) is 1.14. The zero-order chi connectivity index (χ0) is 6.69. The van der Waals surface area contributed by atoms with Gasteiger partial charge in [0, 0.05) is 6.07 Å². The lowest BCUT2D eigenvalue weighted by Gasteiger charge is -1.86. The van der Waals surface area contributed by atoms with Crippen molar-refractivity contribution in [3.8, 4) is 6.07 Å². The Kier molecular flexibility index (Phi) is 3.48. The fourth-order valence-electron chi connectivity index (χ4n) is 0.629. The molecule has 3 N–H and O–H groups in total. The summed E-state index contributed by atoms with van der Waals surface area (Å²) in [5, 5.41) is 8.43. The summed E-state index contributed by atoms with van der Waals surface area (Å²) in [5.74, 6) is 0. The highest BCUT2D eigenvalue weighted by molar-refractivity contribution is 5.46. The first-order valence-corrected chi connectivity index (χ1v) is 2.65. The van der Waals surface area contributed by atoms with E-state index in [2.05, 4.69) is 5.73 Å². The number of benzene rings is 1. The zero-order valence-electron chi connectivity index (χ0n) is 5.34. The molecule has 0 spiro atoms. The van der Waals surface area contributed by atoms with Crippen molar-refractivity contribution in [2.24, 2.45) is 0 Å². The lowest BCUT2D eigenvalue weighted by molar-refractivity contribution is -0.255. The van der Waals surface area contributed by atoms with Crippen molar-refractivity contribution in [2.75, 3.05) is 0 Å². The van der Waals surface area contributed by atoms with E-state index in [4.69, 9.17) is 5.26 Å². The Hall–Kier alpha value is -1.04. The Balaban J connectivity index is 0.000000810. The van der Waals surface area contributed by atoms with Gasteiger partial charge in [-0.3, -0.25) is 0 Å². The fourth-order valence-corrected chi connectivity index (χ4v) is 0.629. The third-order valence-electron chi connectivity index (χ3n) is 1.14. The minimum absolute atomic E-state index is 0. The molecule has 0 saturated carbocycles. The van der Waals surface area contributed by atoms with Crippen LogP contribution in [0.2, 0.25) is 0 Å². The predicted octanol–water partition coefficient (Wildman–Crippen LogP) is -2.56. The van der Waals surface area contributed by atoms with E-state index < -0.39 is 0 Å². The highest BCUT2D eigenvalue weighted by Gasteiger charge is 1.95. The van der Waals surface area contributed by atoms with Crippen molar-refractivity contribution in [2.45, 2.75) is 0 Å². The highest BCUT2D eigenvalue weighted by Crippen LogP contribution is 2.04. The number of nitrogens with zero attached hydrogens (tertiary/aromatic N) is 1. The van der Waals surface area contributed by atoms with Gasteiger partial charge in [-0.2, -0.15) is 5.26 Å². The van der Waals surface area contributed by atoms with E-state index >= 15 is 0 Å². The normalized spacial score (nSPS) is 7.60. The van der Waals surface area contributed by atoms with Gasteiger partial charge in [-0.15, -0.1) is 0 Å². The van der Waals surface area contributed by atoms with Crippen LogP contribution in [0.25, 0.3) is 0 Å². The summed E-state index contributed by atoms with van der Waals surface area (Å²) >= 11 is 0. The maximum absolute atomic E-state index is 8.43. The SMILES string of the molecule is N#Cc1ccccc1[NH3+].[Cl-]. The number of hydrogen-bond donors (Lipinski definition) is 1. The van der Waals surface area contributed by atoms with Gasteiger partial charge in [0.2, 0.25) is 0 Å². The molecule has 0 aliphatic rings. The second-order valence-electron chi connectivity index (χ2n) is 1.77. The van der Waals surface area contributed by atoms with E-state index in [1.807, 2.05) is 24.3 Å². The van der Waals surface area contributed by atoms with Crippen LogP contribution >= 0.6 is 0 Å². The smallest absolute Gasteiger partial charge is 0.145 e. The van der Waals surface area contributed by atoms with E-state index in [1.54, 1.807) is 6.07 Å². The van der Waals surface area contributed by atoms with Gasteiger partial charge < -0.3 is 18.1 Å². The second-order valence-corrected chi connectivity index (χ2v) is 1.77. The molecule has 0 aliphatic heterocycles. The molecular weight excluding hydrogens is 148 g/mol. The highest BCUT2D eigenvalue weighted by atomic mass is 35.5. The second kappa shape index (κ2) is 3.89. The molecule has 0 heterocycles. The molecule has 2 nitrogen and oxygen atoms in total. The summed E-state index contributed by atoms with van der Waals surface area (Å²) in [4.78, 5) is 0. The Bertz CT molecular complexity index is 252. The molecule has 0 saturated heterocycles. The molecule has 1 rings (SSSR count). The van der Waals surface area contributed by atoms with Gasteiger partial charge in [-0.25, -0.2) is 0 Å². The summed E-state index contributed by atoms with van der Waals surface area (Å²) in [7, 11) is 0. The van der Waals surface area contributed by atoms with Crippen molar-refractivity contribution in [1.29, 1.82) is 5.26 Å². The number of quaternary nitrogens is 1. The molecule has 10 heavy (non-hydrogen) atoms. The average molecular weight is 155 g/mol. The largest absolute Gasteiger partial charge is 1.00 e. The Labute approximate surface area is 65.7 Å². The first kappa shape index (κ1) is 8.96. The van der Waals surface area contributed by atoms with Crippen molar-refractivity contribution in [3.05, 3.63) is 29.8 Å². The topological polar surface area (TPSA) is 51.4 Å². The summed E-state index contributed by atoms with van der Waals surface area (Å²) in [6, 6.07) is 9.29. The van der Waals surface area contributed by atoms with Crippen LogP contribution in [0.4, 0.5) is 5.69 Å². The maximum Gasteiger partial charge on any atom is 0.145 e. The van der Waals surface area contributed by atoms with Gasteiger partial charge in [0.25, 0.3) is 0 Å². The quantitative estimate of drug-likeness (QED) is 0.439. The lowest BCUT2D eigenvalue weighted by atomic mass is 10.2. The van der Waals surface area contributed by atoms with E-state index in [1.165, 1.54) is 0 Å². The Morgan fingerprint density at radius 2 is 1.90 bits per heavy atom. The summed E-state index contributed by atoms with van der Waals surface area (Å²) in [6.07, 6.45) is 0. The molecule has 0 bridgehead atoms. The van der Waals surface area contributed by atoms with Crippen LogP contribution in [0.15, 0.2) is 24.3 Å². The minimum Gasteiger partial charge on any atom is -1.00 e. The van der Waals surface area contributed by atoms with Gasteiger partial charge in [-0.05, 0) is 6.07 Å². The standard InChI is InChI=1S/C7H6N2.ClH/c8-5-6-3-1-2-4-7(6)9;/h1-4H,9H2;1H. The van der Waals surface area contributed by atoms with Crippen molar-refractivity contribution < 1.29 is 18.1 Å². The van der Waals surface area contributed by atoms with Crippen LogP contribution in [0.5, 0.6) is 0 Å². The first-order valence-electron chi connectivity index (χ1n) is 2.65. The van der Waals surface area contributed by atoms with Crippen molar-refractivity contribution >= 4 is 5.69 Å². The van der Waals surface area contributed by atoms with E-state index in [0.717, 1.165) is 5.69 Å². The Morgan fingerprint density at radius 3 is 2.30 bits per heavy atom. The monoisotopic (exact) mass is 154 g/mol. The van der Waals surface area contributed by atoms with Crippen LogP contribution in [0, 0.1) is 11.3 Å². The molecule has 0 fully saturated rings. The third kappa shape index (κ3) is 1.73. The first-order chi connectivity index (χ1) is 4.34. The van der Waals surface area contributed by atoms with Crippen LogP contribution < -0.4 is 18.1 Å². The molecule has 0 amide bonds. The minimum atomic E-state index is 0. The van der Waals surface area contributed by atoms with Crippen LogP contribution in [0.3, 0.4) is 0 Å². The predicted molar refractivity (Wildman–Crippen MR) is 33.7 cm³/mol. The van der Waals surface area contributed by atoms with Gasteiger partial charge in [0.05, 0.1) is 0 Å². The fraction of sp³-hybridized carbons (Fsp3) is 0. The molecule has 0 aromatic heterocycles. The van der Waals surface area contributed by atoms with Crippen molar-refractivity contribution in [3.63, 3.8) is 0 Å². The lowest BCUT2D eigenvalue weighted by Crippen LogP contribution is -3.00.